The molecule has 1 aromatic carbocycles. The van der Waals surface area contributed by atoms with Crippen LogP contribution in [0.5, 0.6) is 0 Å². The van der Waals surface area contributed by atoms with Crippen molar-refractivity contribution in [1.29, 1.82) is 0 Å². The van der Waals surface area contributed by atoms with Crippen LogP contribution < -0.4 is 0 Å². The molecule has 0 unspecified atom stereocenters. The van der Waals surface area contributed by atoms with E-state index in [1.54, 1.807) is 18.2 Å². The van der Waals surface area contributed by atoms with E-state index in [0.29, 0.717) is 28.1 Å². The number of hydrogen-bond acceptors (Lipinski definition) is 5. The maximum atomic E-state index is 12.7. The van der Waals surface area contributed by atoms with Crippen LogP contribution in [0.1, 0.15) is 25.0 Å². The van der Waals surface area contributed by atoms with Gasteiger partial charge >= 0.3 is 0 Å². The van der Waals surface area contributed by atoms with Gasteiger partial charge in [0.1, 0.15) is 11.5 Å². The highest BCUT2D eigenvalue weighted by Crippen LogP contribution is 2.34. The lowest BCUT2D eigenvalue weighted by Crippen LogP contribution is -2.42. The third kappa shape index (κ3) is 3.98. The van der Waals surface area contributed by atoms with E-state index in [9.17, 15) is 9.59 Å². The molecule has 2 amide bonds. The number of rotatable bonds is 4. The van der Waals surface area contributed by atoms with Gasteiger partial charge in [0.05, 0.1) is 16.6 Å². The van der Waals surface area contributed by atoms with Gasteiger partial charge in [0.15, 0.2) is 0 Å². The molecule has 3 heterocycles. The number of carbonyl (C=O) groups excluding carboxylic acids is 2. The Morgan fingerprint density at radius 1 is 1.07 bits per heavy atom. The topological polar surface area (TPSA) is 53.8 Å². The van der Waals surface area contributed by atoms with Gasteiger partial charge in [-0.2, -0.15) is 0 Å². The summed E-state index contributed by atoms with van der Waals surface area (Å²) in [7, 11) is 0. The van der Waals surface area contributed by atoms with E-state index in [2.05, 4.69) is 4.90 Å². The van der Waals surface area contributed by atoms with Crippen molar-refractivity contribution >= 4 is 40.6 Å². The predicted molar refractivity (Wildman–Crippen MR) is 107 cm³/mol. The normalized spacial score (nSPS) is 20.0. The Labute approximate surface area is 167 Å². The van der Waals surface area contributed by atoms with E-state index >= 15 is 0 Å². The van der Waals surface area contributed by atoms with Gasteiger partial charge in [-0.3, -0.25) is 19.4 Å². The summed E-state index contributed by atoms with van der Waals surface area (Å²) in [4.78, 5) is 28.8. The number of imide groups is 1. The first-order valence-corrected chi connectivity index (χ1v) is 10.1. The van der Waals surface area contributed by atoms with Crippen LogP contribution in [-0.4, -0.2) is 40.7 Å². The minimum Gasteiger partial charge on any atom is -0.457 e. The highest BCUT2D eigenvalue weighted by molar-refractivity contribution is 8.18. The summed E-state index contributed by atoms with van der Waals surface area (Å²) in [6.45, 7) is 2.23. The predicted octanol–water partition coefficient (Wildman–Crippen LogP) is 5.08. The Morgan fingerprint density at radius 3 is 2.63 bits per heavy atom. The lowest BCUT2D eigenvalue weighted by atomic mass is 10.1. The first-order valence-electron chi connectivity index (χ1n) is 8.94. The number of carbonyl (C=O) groups is 2. The summed E-state index contributed by atoms with van der Waals surface area (Å²) in [6, 6.07) is 11.0. The summed E-state index contributed by atoms with van der Waals surface area (Å²) in [5, 5.41) is 0.370. The van der Waals surface area contributed by atoms with Gasteiger partial charge in [0.25, 0.3) is 11.1 Å². The zero-order valence-electron chi connectivity index (χ0n) is 14.7. The quantitative estimate of drug-likeness (QED) is 0.667. The molecule has 2 aliphatic rings. The third-order valence-electron chi connectivity index (χ3n) is 4.70. The molecule has 0 spiro atoms. The summed E-state index contributed by atoms with van der Waals surface area (Å²) < 4.78 is 5.81. The van der Waals surface area contributed by atoms with Gasteiger partial charge in [-0.25, -0.2) is 0 Å². The van der Waals surface area contributed by atoms with Crippen molar-refractivity contribution in [2.24, 2.45) is 0 Å². The molecule has 5 nitrogen and oxygen atoms in total. The number of nitrogens with zero attached hydrogens (tertiary/aromatic N) is 2. The van der Waals surface area contributed by atoms with Gasteiger partial charge in [-0.15, -0.1) is 0 Å². The van der Waals surface area contributed by atoms with Crippen LogP contribution in [0.3, 0.4) is 0 Å². The van der Waals surface area contributed by atoms with E-state index in [1.165, 1.54) is 11.3 Å². The first kappa shape index (κ1) is 18.3. The van der Waals surface area contributed by atoms with E-state index in [-0.39, 0.29) is 11.1 Å². The molecule has 2 saturated heterocycles. The van der Waals surface area contributed by atoms with Gasteiger partial charge in [-0.1, -0.05) is 30.2 Å². The van der Waals surface area contributed by atoms with Crippen molar-refractivity contribution in [3.05, 3.63) is 52.1 Å². The first-order chi connectivity index (χ1) is 13.1. The number of halogens is 1. The molecule has 2 fully saturated rings. The van der Waals surface area contributed by atoms with Crippen LogP contribution in [-0.2, 0) is 4.79 Å². The second-order valence-corrected chi connectivity index (χ2v) is 8.01. The number of hydrogen-bond donors (Lipinski definition) is 0. The smallest absolute Gasteiger partial charge is 0.294 e. The molecule has 140 valence electrons. The number of amides is 2. The molecular weight excluding hydrogens is 384 g/mol. The second kappa shape index (κ2) is 7.92. The largest absolute Gasteiger partial charge is 0.457 e. The van der Waals surface area contributed by atoms with E-state index in [1.807, 2.05) is 24.3 Å². The lowest BCUT2D eigenvalue weighted by Gasteiger charge is -2.29. The number of likely N-dealkylation sites (tertiary alicyclic amines) is 1. The lowest BCUT2D eigenvalue weighted by molar-refractivity contribution is -0.124. The average molecular weight is 403 g/mol. The number of thioether (sulfide) groups is 1. The van der Waals surface area contributed by atoms with Crippen molar-refractivity contribution in [2.45, 2.75) is 19.3 Å². The summed E-state index contributed by atoms with van der Waals surface area (Å²) in [6.07, 6.45) is 5.07. The van der Waals surface area contributed by atoms with Crippen LogP contribution in [0, 0.1) is 0 Å². The van der Waals surface area contributed by atoms with Crippen LogP contribution in [0.4, 0.5) is 4.79 Å². The van der Waals surface area contributed by atoms with Gasteiger partial charge in [0, 0.05) is 11.6 Å². The third-order valence-corrected chi connectivity index (χ3v) is 5.94. The van der Waals surface area contributed by atoms with E-state index < -0.39 is 0 Å². The van der Waals surface area contributed by atoms with Crippen molar-refractivity contribution in [2.75, 3.05) is 19.8 Å². The molecule has 0 atom stereocenters. The van der Waals surface area contributed by atoms with Crippen LogP contribution in [0.25, 0.3) is 17.4 Å². The van der Waals surface area contributed by atoms with Crippen molar-refractivity contribution in [3.8, 4) is 11.3 Å². The SMILES string of the molecule is O=C1S/C(=C\c2ccc(-c3ccccc3Cl)o2)C(=O)N1CN1CCCCC1. The molecule has 1 aromatic heterocycles. The standard InChI is InChI=1S/C20H19ClN2O3S/c21-16-7-3-2-6-15(16)17-9-8-14(26-17)12-18-19(24)23(20(25)27-18)13-22-10-4-1-5-11-22/h2-3,6-9,12H,1,4-5,10-11,13H2/b18-12-. The summed E-state index contributed by atoms with van der Waals surface area (Å²) in [5.74, 6) is 0.888. The Bertz CT molecular complexity index is 902. The Morgan fingerprint density at radius 2 is 1.85 bits per heavy atom. The molecule has 0 aliphatic carbocycles. The van der Waals surface area contributed by atoms with Gasteiger partial charge in [-0.05, 0) is 62.0 Å². The zero-order chi connectivity index (χ0) is 18.8. The average Bonchev–Trinajstić information content (AvgIpc) is 3.23. The number of benzene rings is 1. The second-order valence-electron chi connectivity index (χ2n) is 6.61. The Hall–Kier alpha value is -2.02. The fourth-order valence-corrected chi connectivity index (χ4v) is 4.33. The fourth-order valence-electron chi connectivity index (χ4n) is 3.29. The maximum absolute atomic E-state index is 12.7. The molecule has 0 bridgehead atoms. The molecule has 27 heavy (non-hydrogen) atoms. The number of furan rings is 1. The van der Waals surface area contributed by atoms with Crippen LogP contribution >= 0.6 is 23.4 Å². The summed E-state index contributed by atoms with van der Waals surface area (Å²) >= 11 is 7.16. The molecule has 7 heteroatoms. The van der Waals surface area contributed by atoms with E-state index in [0.717, 1.165) is 43.3 Å². The Balaban J connectivity index is 1.50. The summed E-state index contributed by atoms with van der Waals surface area (Å²) in [5.41, 5.74) is 0.789. The van der Waals surface area contributed by atoms with Crippen LogP contribution in [0.15, 0.2) is 45.7 Å². The highest BCUT2D eigenvalue weighted by Gasteiger charge is 2.36. The van der Waals surface area contributed by atoms with Gasteiger partial charge < -0.3 is 4.42 Å². The molecule has 2 aromatic rings. The van der Waals surface area contributed by atoms with E-state index in [4.69, 9.17) is 16.0 Å². The molecular formula is C20H19ClN2O3S. The molecule has 2 aliphatic heterocycles. The number of piperidine rings is 1. The van der Waals surface area contributed by atoms with Crippen molar-refractivity contribution in [3.63, 3.8) is 0 Å². The molecule has 4 rings (SSSR count). The van der Waals surface area contributed by atoms with Crippen molar-refractivity contribution < 1.29 is 14.0 Å². The zero-order valence-corrected chi connectivity index (χ0v) is 16.3. The minimum absolute atomic E-state index is 0.227. The Kier molecular flexibility index (Phi) is 5.38. The van der Waals surface area contributed by atoms with Gasteiger partial charge in [0.2, 0.25) is 0 Å². The highest BCUT2D eigenvalue weighted by atomic mass is 35.5. The van der Waals surface area contributed by atoms with Crippen LogP contribution in [0.2, 0.25) is 5.02 Å². The minimum atomic E-state index is -0.258. The van der Waals surface area contributed by atoms with Crippen molar-refractivity contribution in [1.82, 2.24) is 9.80 Å². The maximum Gasteiger partial charge on any atom is 0.294 e. The fraction of sp³-hybridized carbons (Fsp3) is 0.300. The molecule has 0 N–H and O–H groups in total. The monoisotopic (exact) mass is 402 g/mol. The molecule has 0 saturated carbocycles. The molecule has 0 radical (unpaired) electrons.